The zero-order valence-electron chi connectivity index (χ0n) is 15.1. The van der Waals surface area contributed by atoms with Crippen LogP contribution in [0.2, 0.25) is 0 Å². The Morgan fingerprint density at radius 3 is 2.67 bits per heavy atom. The first-order valence-corrected chi connectivity index (χ1v) is 8.34. The lowest BCUT2D eigenvalue weighted by atomic mass is 10.1. The van der Waals surface area contributed by atoms with Crippen molar-refractivity contribution >= 4 is 39.4 Å². The Balaban J connectivity index is 1.79. The molecule has 8 nitrogen and oxygen atoms in total. The summed E-state index contributed by atoms with van der Waals surface area (Å²) in [7, 11) is 1.62. The molecule has 2 heterocycles. The summed E-state index contributed by atoms with van der Waals surface area (Å²) in [6, 6.07) is 8.98. The standard InChI is InChI=1S/C19H18N6O2/c1-9-6-11(20)7-14-16(9)23-19(24-17(14)26)25-18-21-10(2)13-8-12(27-3)4-5-15(13)22-18/h4-8H,20H2,1-3H3,(H2,21,22,23,24,25,26). The van der Waals surface area contributed by atoms with E-state index in [1.165, 1.54) is 0 Å². The normalized spacial score (nSPS) is 11.1. The van der Waals surface area contributed by atoms with Crippen molar-refractivity contribution in [1.29, 1.82) is 0 Å². The molecular weight excluding hydrogens is 344 g/mol. The van der Waals surface area contributed by atoms with Gasteiger partial charge < -0.3 is 10.5 Å². The number of nitrogens with one attached hydrogen (secondary N) is 2. The van der Waals surface area contributed by atoms with Crippen molar-refractivity contribution in [2.45, 2.75) is 13.8 Å². The molecule has 4 rings (SSSR count). The molecule has 0 aliphatic carbocycles. The molecule has 0 aliphatic rings. The fraction of sp³-hybridized carbons (Fsp3) is 0.158. The van der Waals surface area contributed by atoms with Crippen LogP contribution in [0.5, 0.6) is 5.75 Å². The Morgan fingerprint density at radius 1 is 1.07 bits per heavy atom. The third-order valence-electron chi connectivity index (χ3n) is 4.35. The average molecular weight is 362 g/mol. The van der Waals surface area contributed by atoms with Crippen LogP contribution in [0.25, 0.3) is 21.8 Å². The van der Waals surface area contributed by atoms with Crippen LogP contribution >= 0.6 is 0 Å². The smallest absolute Gasteiger partial charge is 0.260 e. The molecule has 0 fully saturated rings. The highest BCUT2D eigenvalue weighted by molar-refractivity contribution is 5.86. The molecule has 0 unspecified atom stereocenters. The van der Waals surface area contributed by atoms with Crippen molar-refractivity contribution < 1.29 is 4.74 Å². The third-order valence-corrected chi connectivity index (χ3v) is 4.35. The van der Waals surface area contributed by atoms with Gasteiger partial charge in [-0.15, -0.1) is 0 Å². The number of ether oxygens (including phenoxy) is 1. The van der Waals surface area contributed by atoms with Crippen LogP contribution in [-0.2, 0) is 0 Å². The predicted molar refractivity (Wildman–Crippen MR) is 106 cm³/mol. The lowest BCUT2D eigenvalue weighted by Crippen LogP contribution is -2.13. The maximum atomic E-state index is 12.4. The number of rotatable bonds is 3. The second kappa shape index (κ2) is 6.24. The zero-order chi connectivity index (χ0) is 19.1. The number of methoxy groups -OCH3 is 1. The Kier molecular flexibility index (Phi) is 3.88. The number of aryl methyl sites for hydroxylation is 2. The Morgan fingerprint density at radius 2 is 1.89 bits per heavy atom. The predicted octanol–water partition coefficient (Wildman–Crippen LogP) is 2.82. The van der Waals surface area contributed by atoms with E-state index in [1.54, 1.807) is 19.2 Å². The topological polar surface area (TPSA) is 119 Å². The van der Waals surface area contributed by atoms with Gasteiger partial charge in [0.25, 0.3) is 5.56 Å². The van der Waals surface area contributed by atoms with Gasteiger partial charge in [-0.3, -0.25) is 15.1 Å². The van der Waals surface area contributed by atoms with Crippen LogP contribution in [0.1, 0.15) is 11.3 Å². The van der Waals surface area contributed by atoms with Crippen molar-refractivity contribution in [1.82, 2.24) is 19.9 Å². The zero-order valence-corrected chi connectivity index (χ0v) is 15.1. The highest BCUT2D eigenvalue weighted by atomic mass is 16.5. The van der Waals surface area contributed by atoms with Gasteiger partial charge in [0.2, 0.25) is 11.9 Å². The van der Waals surface area contributed by atoms with Crippen molar-refractivity contribution in [3.63, 3.8) is 0 Å². The van der Waals surface area contributed by atoms with E-state index in [4.69, 9.17) is 10.5 Å². The van der Waals surface area contributed by atoms with E-state index < -0.39 is 0 Å². The number of H-pyrrole nitrogens is 1. The lowest BCUT2D eigenvalue weighted by Gasteiger charge is -2.10. The molecule has 4 aromatic rings. The summed E-state index contributed by atoms with van der Waals surface area (Å²) in [4.78, 5) is 28.5. The monoisotopic (exact) mass is 362 g/mol. The molecule has 27 heavy (non-hydrogen) atoms. The van der Waals surface area contributed by atoms with Gasteiger partial charge in [0, 0.05) is 11.1 Å². The number of aromatic nitrogens is 4. The van der Waals surface area contributed by atoms with Crippen molar-refractivity contribution in [2.24, 2.45) is 0 Å². The summed E-state index contributed by atoms with van der Waals surface area (Å²) in [5, 5.41) is 4.33. The lowest BCUT2D eigenvalue weighted by molar-refractivity contribution is 0.415. The van der Waals surface area contributed by atoms with Gasteiger partial charge in [-0.2, -0.15) is 0 Å². The van der Waals surface area contributed by atoms with Gasteiger partial charge in [-0.05, 0) is 49.7 Å². The van der Waals surface area contributed by atoms with E-state index in [9.17, 15) is 4.79 Å². The number of anilines is 3. The molecule has 0 aliphatic heterocycles. The number of benzene rings is 2. The van der Waals surface area contributed by atoms with Gasteiger partial charge in [0.1, 0.15) is 5.75 Å². The van der Waals surface area contributed by atoms with Crippen LogP contribution < -0.4 is 21.3 Å². The van der Waals surface area contributed by atoms with E-state index in [1.807, 2.05) is 32.0 Å². The molecular formula is C19H18N6O2. The molecule has 0 saturated heterocycles. The first-order valence-electron chi connectivity index (χ1n) is 8.34. The number of nitrogen functional groups attached to an aromatic ring is 1. The second-order valence-corrected chi connectivity index (χ2v) is 6.29. The summed E-state index contributed by atoms with van der Waals surface area (Å²) >= 11 is 0. The number of aromatic amines is 1. The van der Waals surface area contributed by atoms with E-state index in [-0.39, 0.29) is 11.5 Å². The molecule has 8 heteroatoms. The molecule has 136 valence electrons. The van der Waals surface area contributed by atoms with E-state index in [0.29, 0.717) is 22.5 Å². The number of hydrogen-bond acceptors (Lipinski definition) is 7. The first-order chi connectivity index (χ1) is 12.9. The largest absolute Gasteiger partial charge is 0.497 e. The summed E-state index contributed by atoms with van der Waals surface area (Å²) in [5.74, 6) is 1.36. The van der Waals surface area contributed by atoms with E-state index >= 15 is 0 Å². The van der Waals surface area contributed by atoms with Gasteiger partial charge in [0.05, 0.1) is 29.2 Å². The van der Waals surface area contributed by atoms with Crippen LogP contribution in [0.15, 0.2) is 35.1 Å². The van der Waals surface area contributed by atoms with Crippen LogP contribution in [0.3, 0.4) is 0 Å². The fourth-order valence-electron chi connectivity index (χ4n) is 3.05. The Hall–Kier alpha value is -3.68. The van der Waals surface area contributed by atoms with Crippen molar-refractivity contribution in [3.8, 4) is 5.75 Å². The van der Waals surface area contributed by atoms with Gasteiger partial charge in [-0.25, -0.2) is 15.0 Å². The van der Waals surface area contributed by atoms with Crippen LogP contribution in [0, 0.1) is 13.8 Å². The Labute approximate surface area is 154 Å². The molecule has 0 bridgehead atoms. The molecule has 4 N–H and O–H groups in total. The van der Waals surface area contributed by atoms with Crippen molar-refractivity contribution in [2.75, 3.05) is 18.2 Å². The molecule has 0 saturated carbocycles. The number of nitrogens with zero attached hydrogens (tertiary/aromatic N) is 3. The maximum Gasteiger partial charge on any atom is 0.260 e. The van der Waals surface area contributed by atoms with Gasteiger partial charge in [-0.1, -0.05) is 0 Å². The second-order valence-electron chi connectivity index (χ2n) is 6.29. The summed E-state index contributed by atoms with van der Waals surface area (Å²) in [5.41, 5.74) is 9.02. The van der Waals surface area contributed by atoms with Crippen LogP contribution in [-0.4, -0.2) is 27.0 Å². The first kappa shape index (κ1) is 16.8. The molecule has 0 radical (unpaired) electrons. The Bertz CT molecular complexity index is 1250. The van der Waals surface area contributed by atoms with E-state index in [2.05, 4.69) is 25.3 Å². The van der Waals surface area contributed by atoms with Gasteiger partial charge >= 0.3 is 0 Å². The summed E-state index contributed by atoms with van der Waals surface area (Å²) < 4.78 is 5.25. The fourth-order valence-corrected chi connectivity index (χ4v) is 3.05. The number of nitrogens with two attached hydrogens (primary N) is 1. The minimum Gasteiger partial charge on any atom is -0.497 e. The molecule has 2 aromatic heterocycles. The quantitative estimate of drug-likeness (QED) is 0.479. The minimum atomic E-state index is -0.278. The highest BCUT2D eigenvalue weighted by Gasteiger charge is 2.10. The maximum absolute atomic E-state index is 12.4. The minimum absolute atomic E-state index is 0.271. The number of hydrogen-bond donors (Lipinski definition) is 3. The molecule has 2 aromatic carbocycles. The molecule has 0 atom stereocenters. The van der Waals surface area contributed by atoms with Crippen molar-refractivity contribution in [3.05, 3.63) is 51.9 Å². The highest BCUT2D eigenvalue weighted by Crippen LogP contribution is 2.24. The summed E-state index contributed by atoms with van der Waals surface area (Å²) in [6.45, 7) is 3.75. The van der Waals surface area contributed by atoms with E-state index in [0.717, 1.165) is 27.9 Å². The third kappa shape index (κ3) is 3.01. The molecule has 0 spiro atoms. The molecule has 0 amide bonds. The SMILES string of the molecule is COc1ccc2nc(Nc3nc4c(C)cc(N)cc4c(=O)[nH]3)nc(C)c2c1. The van der Waals surface area contributed by atoms with Gasteiger partial charge in [0.15, 0.2) is 0 Å². The summed E-state index contributed by atoms with van der Waals surface area (Å²) in [6.07, 6.45) is 0. The average Bonchev–Trinajstić information content (AvgIpc) is 2.62. The number of fused-ring (bicyclic) bond motifs is 2. The van der Waals surface area contributed by atoms with Crippen LogP contribution in [0.4, 0.5) is 17.6 Å².